The van der Waals surface area contributed by atoms with Crippen LogP contribution in [0.15, 0.2) is 77.7 Å². The summed E-state index contributed by atoms with van der Waals surface area (Å²) >= 11 is 0. The number of imide groups is 2. The Morgan fingerprint density at radius 3 is 2.37 bits per heavy atom. The SMILES string of the molecule is Cc1ncc(-c2ccnc(Nc3ccc(S(=O)(=O)CCC/C(N)=C/NCCOCCOCCOCCNc4cccc5c4C(=O)N(C4CCC(=O)NC4=O)C5=O)cc3)n2)n1C(C)C. The molecule has 6 N–H and O–H groups in total. The van der Waals surface area contributed by atoms with Gasteiger partial charge in [-0.1, -0.05) is 6.07 Å². The Morgan fingerprint density at radius 2 is 1.65 bits per heavy atom. The van der Waals surface area contributed by atoms with Crippen molar-refractivity contribution in [1.29, 1.82) is 0 Å². The highest BCUT2D eigenvalue weighted by Gasteiger charge is 2.45. The number of hydrogen-bond donors (Lipinski definition) is 5. The summed E-state index contributed by atoms with van der Waals surface area (Å²) < 4.78 is 44.9. The third kappa shape index (κ3) is 12.0. The van der Waals surface area contributed by atoms with Crippen LogP contribution in [-0.4, -0.2) is 121 Å². The number of piperidine rings is 1. The van der Waals surface area contributed by atoms with E-state index in [9.17, 15) is 27.6 Å². The predicted octanol–water partition coefficient (Wildman–Crippen LogP) is 3.48. The molecule has 6 rings (SSSR count). The van der Waals surface area contributed by atoms with Gasteiger partial charge in [-0.15, -0.1) is 0 Å². The van der Waals surface area contributed by atoms with E-state index < -0.39 is 39.5 Å². The molecule has 0 saturated carbocycles. The van der Waals surface area contributed by atoms with Crippen LogP contribution >= 0.6 is 0 Å². The lowest BCUT2D eigenvalue weighted by atomic mass is 10.0. The fourth-order valence-electron chi connectivity index (χ4n) is 7.18. The van der Waals surface area contributed by atoms with Gasteiger partial charge in [-0.2, -0.15) is 0 Å². The summed E-state index contributed by atoms with van der Waals surface area (Å²) in [5.41, 5.74) is 9.76. The van der Waals surface area contributed by atoms with E-state index in [0.717, 1.165) is 22.1 Å². The highest BCUT2D eigenvalue weighted by atomic mass is 32.2. The maximum Gasteiger partial charge on any atom is 0.264 e. The molecule has 0 radical (unpaired) electrons. The van der Waals surface area contributed by atoms with Gasteiger partial charge in [-0.3, -0.25) is 29.4 Å². The minimum absolute atomic E-state index is 0.0525. The largest absolute Gasteiger partial charge is 0.401 e. The average molecular weight is 887 g/mol. The third-order valence-corrected chi connectivity index (χ3v) is 12.0. The van der Waals surface area contributed by atoms with Crippen LogP contribution in [0.4, 0.5) is 17.3 Å². The van der Waals surface area contributed by atoms with E-state index in [1.54, 1.807) is 61.1 Å². The van der Waals surface area contributed by atoms with Crippen molar-refractivity contribution in [2.24, 2.45) is 5.73 Å². The number of fused-ring (bicyclic) bond motifs is 1. The summed E-state index contributed by atoms with van der Waals surface area (Å²) in [6.45, 7) is 9.16. The molecule has 1 unspecified atom stereocenters. The van der Waals surface area contributed by atoms with Crippen LogP contribution in [0.25, 0.3) is 11.4 Å². The summed E-state index contributed by atoms with van der Waals surface area (Å²) in [5.74, 6) is -0.992. The van der Waals surface area contributed by atoms with Crippen molar-refractivity contribution in [2.75, 3.05) is 69.1 Å². The second-order valence-corrected chi connectivity index (χ2v) is 17.2. The Morgan fingerprint density at radius 1 is 0.937 bits per heavy atom. The number of amides is 4. The van der Waals surface area contributed by atoms with E-state index >= 15 is 0 Å². The van der Waals surface area contributed by atoms with Crippen molar-refractivity contribution in [1.82, 2.24) is 35.1 Å². The second kappa shape index (κ2) is 21.7. The first kappa shape index (κ1) is 46.3. The molecular formula is C43H54N10O9S. The zero-order valence-electron chi connectivity index (χ0n) is 35.6. The quantitative estimate of drug-likeness (QED) is 0.0499. The summed E-state index contributed by atoms with van der Waals surface area (Å²) in [7, 11) is -3.52. The van der Waals surface area contributed by atoms with E-state index in [2.05, 4.69) is 54.6 Å². The molecule has 63 heavy (non-hydrogen) atoms. The number of benzene rings is 2. The molecule has 4 aromatic rings. The third-order valence-electron chi connectivity index (χ3n) is 10.2. The van der Waals surface area contributed by atoms with Crippen LogP contribution in [-0.2, 0) is 33.6 Å². The van der Waals surface area contributed by atoms with Crippen molar-refractivity contribution in [3.8, 4) is 11.4 Å². The van der Waals surface area contributed by atoms with Gasteiger partial charge >= 0.3 is 0 Å². The molecule has 0 bridgehead atoms. The van der Waals surface area contributed by atoms with Crippen molar-refractivity contribution in [2.45, 2.75) is 63.4 Å². The van der Waals surface area contributed by atoms with Gasteiger partial charge in [-0.05, 0) is 82.5 Å². The van der Waals surface area contributed by atoms with Crippen LogP contribution < -0.4 is 27.0 Å². The molecular weight excluding hydrogens is 833 g/mol. The van der Waals surface area contributed by atoms with E-state index in [-0.39, 0.29) is 40.7 Å². The van der Waals surface area contributed by atoms with Crippen molar-refractivity contribution in [3.05, 3.63) is 89.8 Å². The minimum atomic E-state index is -3.52. The molecule has 20 heteroatoms. The van der Waals surface area contributed by atoms with Gasteiger partial charge in [0.2, 0.25) is 17.8 Å². The van der Waals surface area contributed by atoms with Crippen LogP contribution in [0, 0.1) is 6.92 Å². The van der Waals surface area contributed by atoms with Gasteiger partial charge in [0.15, 0.2) is 9.84 Å². The number of rotatable bonds is 24. The number of carbonyl (C=O) groups excluding carboxylic acids is 4. The number of aryl methyl sites for hydroxylation is 1. The first-order valence-electron chi connectivity index (χ1n) is 20.8. The van der Waals surface area contributed by atoms with Gasteiger partial charge in [0.25, 0.3) is 11.8 Å². The number of carbonyl (C=O) groups is 4. The van der Waals surface area contributed by atoms with Gasteiger partial charge in [-0.25, -0.2) is 23.4 Å². The van der Waals surface area contributed by atoms with Gasteiger partial charge in [0.05, 0.1) is 79.0 Å². The number of nitrogens with zero attached hydrogens (tertiary/aromatic N) is 5. The zero-order chi connectivity index (χ0) is 44.9. The fourth-order valence-corrected chi connectivity index (χ4v) is 8.49. The smallest absolute Gasteiger partial charge is 0.264 e. The second-order valence-electron chi connectivity index (χ2n) is 15.1. The molecule has 1 atom stereocenters. The minimum Gasteiger partial charge on any atom is -0.401 e. The van der Waals surface area contributed by atoms with E-state index in [0.29, 0.717) is 88.6 Å². The number of anilines is 3. The molecule has 2 aromatic carbocycles. The highest BCUT2D eigenvalue weighted by molar-refractivity contribution is 7.91. The van der Waals surface area contributed by atoms with E-state index in [4.69, 9.17) is 19.9 Å². The topological polar surface area (TPSA) is 251 Å². The zero-order valence-corrected chi connectivity index (χ0v) is 36.4. The Bertz CT molecular complexity index is 2400. The van der Waals surface area contributed by atoms with Crippen LogP contribution in [0.1, 0.15) is 72.1 Å². The highest BCUT2D eigenvalue weighted by Crippen LogP contribution is 2.32. The number of imidazole rings is 1. The van der Waals surface area contributed by atoms with Crippen molar-refractivity contribution in [3.63, 3.8) is 0 Å². The standard InChI is InChI=1S/C43H54N10O9S/c1-28(2)52-29(3)48-27-37(52)34-15-16-47-43(50-34)49-31-9-11-32(12-10-31)63(58,59)25-5-6-30(44)26-45-17-19-60-21-23-62-24-22-61-20-18-46-35-8-4-7-33-39(35)42(57)53(41(33)56)36-13-14-38(54)51-40(36)55/h4,7-12,15-16,26-28,36,45-46H,5-6,13-14,17-25,44H2,1-3H3,(H,47,49,50)(H,51,54,55)/b30-26-. The maximum absolute atomic E-state index is 13.2. The molecule has 0 aliphatic carbocycles. The molecule has 0 spiro atoms. The van der Waals surface area contributed by atoms with E-state index in [1.807, 2.05) is 13.0 Å². The molecule has 4 heterocycles. The molecule has 2 aliphatic heterocycles. The Hall–Kier alpha value is -6.22. The normalized spacial score (nSPS) is 15.5. The Labute approximate surface area is 366 Å². The van der Waals surface area contributed by atoms with Gasteiger partial charge in [0, 0.05) is 55.0 Å². The van der Waals surface area contributed by atoms with Crippen LogP contribution in [0.5, 0.6) is 0 Å². The van der Waals surface area contributed by atoms with Crippen LogP contribution in [0.3, 0.4) is 0 Å². The summed E-state index contributed by atoms with van der Waals surface area (Å²) in [6, 6.07) is 12.4. The summed E-state index contributed by atoms with van der Waals surface area (Å²) in [4.78, 5) is 64.6. The molecule has 1 fully saturated rings. The van der Waals surface area contributed by atoms with Crippen LogP contribution in [0.2, 0.25) is 0 Å². The summed E-state index contributed by atoms with van der Waals surface area (Å²) in [6.07, 6.45) is 6.03. The number of hydrogen-bond acceptors (Lipinski definition) is 16. The van der Waals surface area contributed by atoms with Gasteiger partial charge in [0.1, 0.15) is 11.9 Å². The molecule has 1 saturated heterocycles. The number of sulfone groups is 1. The molecule has 4 amide bonds. The number of ether oxygens (including phenoxy) is 3. The fraction of sp³-hybridized carbons (Fsp3) is 0.419. The molecule has 2 aromatic heterocycles. The van der Waals surface area contributed by atoms with Gasteiger partial charge < -0.3 is 40.5 Å². The molecule has 2 aliphatic rings. The first-order valence-corrected chi connectivity index (χ1v) is 22.5. The lowest BCUT2D eigenvalue weighted by Gasteiger charge is -2.27. The molecule has 19 nitrogen and oxygen atoms in total. The lowest BCUT2D eigenvalue weighted by Crippen LogP contribution is -2.54. The Balaban J connectivity index is 0.788. The summed E-state index contributed by atoms with van der Waals surface area (Å²) in [5, 5.41) is 11.6. The molecule has 336 valence electrons. The number of nitrogens with one attached hydrogen (secondary N) is 4. The number of nitrogens with two attached hydrogens (primary N) is 1. The lowest BCUT2D eigenvalue weighted by molar-refractivity contribution is -0.136. The first-order chi connectivity index (χ1) is 30.3. The van der Waals surface area contributed by atoms with E-state index in [1.165, 1.54) is 0 Å². The number of allylic oxidation sites excluding steroid dienone is 1. The van der Waals surface area contributed by atoms with Crippen molar-refractivity contribution >= 4 is 50.8 Å². The Kier molecular flexibility index (Phi) is 16.0. The average Bonchev–Trinajstić information content (AvgIpc) is 3.77. The van der Waals surface area contributed by atoms with Crippen molar-refractivity contribution < 1.29 is 41.8 Å². The monoisotopic (exact) mass is 886 g/mol. The number of aromatic nitrogens is 4. The predicted molar refractivity (Wildman–Crippen MR) is 234 cm³/mol. The maximum atomic E-state index is 13.2.